The van der Waals surface area contributed by atoms with Crippen LogP contribution in [0.25, 0.3) is 21.8 Å². The molecule has 0 bridgehead atoms. The molecule has 96 valence electrons. The fourth-order valence-electron chi connectivity index (χ4n) is 2.22. The first-order valence-electron chi connectivity index (χ1n) is 6.48. The summed E-state index contributed by atoms with van der Waals surface area (Å²) >= 11 is 0. The molecule has 3 nitrogen and oxygen atoms in total. The third-order valence-corrected chi connectivity index (χ3v) is 3.36. The van der Waals surface area contributed by atoms with E-state index in [1.54, 1.807) is 0 Å². The number of nitrogens with zero attached hydrogens (tertiary/aromatic N) is 3. The predicted molar refractivity (Wildman–Crippen MR) is 78.3 cm³/mol. The van der Waals surface area contributed by atoms with Crippen LogP contribution in [-0.2, 0) is 5.41 Å². The van der Waals surface area contributed by atoms with Gasteiger partial charge >= 0.3 is 0 Å². The van der Waals surface area contributed by atoms with Gasteiger partial charge in [-0.3, -0.25) is 4.98 Å². The molecule has 0 fully saturated rings. The van der Waals surface area contributed by atoms with Crippen LogP contribution in [0, 0.1) is 6.92 Å². The summed E-state index contributed by atoms with van der Waals surface area (Å²) in [4.78, 5) is 13.7. The fourth-order valence-corrected chi connectivity index (χ4v) is 2.22. The average molecular weight is 251 g/mol. The lowest BCUT2D eigenvalue weighted by Gasteiger charge is -2.16. The number of hydrogen-bond acceptors (Lipinski definition) is 3. The second-order valence-electron chi connectivity index (χ2n) is 5.97. The van der Waals surface area contributed by atoms with Crippen molar-refractivity contribution in [2.24, 2.45) is 0 Å². The highest BCUT2D eigenvalue weighted by Crippen LogP contribution is 2.26. The van der Waals surface area contributed by atoms with Gasteiger partial charge < -0.3 is 0 Å². The molecule has 0 saturated carbocycles. The first-order valence-corrected chi connectivity index (χ1v) is 6.48. The summed E-state index contributed by atoms with van der Waals surface area (Å²) in [6.45, 7) is 8.47. The van der Waals surface area contributed by atoms with E-state index in [1.165, 1.54) is 10.9 Å². The van der Waals surface area contributed by atoms with Gasteiger partial charge in [-0.05, 0) is 24.6 Å². The summed E-state index contributed by atoms with van der Waals surface area (Å²) < 4.78 is 0. The smallest absolute Gasteiger partial charge is 0.134 e. The standard InChI is InChI=1S/C16H17N3/c1-10-7-8-17-14-11(10)5-6-13-12(14)9-18-15(19-13)16(2,3)4/h5-9H,1-4H3. The number of benzene rings is 1. The molecule has 0 N–H and O–H groups in total. The maximum absolute atomic E-state index is 4.68. The van der Waals surface area contributed by atoms with E-state index in [1.807, 2.05) is 18.5 Å². The Morgan fingerprint density at radius 2 is 1.74 bits per heavy atom. The summed E-state index contributed by atoms with van der Waals surface area (Å²) in [5.74, 6) is 0.868. The Kier molecular flexibility index (Phi) is 2.52. The highest BCUT2D eigenvalue weighted by atomic mass is 14.9. The normalized spacial score (nSPS) is 12.2. The van der Waals surface area contributed by atoms with Crippen molar-refractivity contribution in [3.05, 3.63) is 42.0 Å². The van der Waals surface area contributed by atoms with Crippen LogP contribution < -0.4 is 0 Å². The van der Waals surface area contributed by atoms with Gasteiger partial charge in [-0.25, -0.2) is 9.97 Å². The van der Waals surface area contributed by atoms with E-state index in [9.17, 15) is 0 Å². The van der Waals surface area contributed by atoms with Crippen LogP contribution in [0.15, 0.2) is 30.6 Å². The van der Waals surface area contributed by atoms with Crippen molar-refractivity contribution >= 4 is 21.8 Å². The number of rotatable bonds is 0. The minimum Gasteiger partial charge on any atom is -0.255 e. The summed E-state index contributed by atoms with van der Waals surface area (Å²) in [6.07, 6.45) is 3.74. The Morgan fingerprint density at radius 1 is 0.947 bits per heavy atom. The van der Waals surface area contributed by atoms with E-state index >= 15 is 0 Å². The van der Waals surface area contributed by atoms with Gasteiger partial charge in [0.25, 0.3) is 0 Å². The third-order valence-electron chi connectivity index (χ3n) is 3.36. The van der Waals surface area contributed by atoms with Gasteiger partial charge in [-0.15, -0.1) is 0 Å². The summed E-state index contributed by atoms with van der Waals surface area (Å²) in [5, 5.41) is 2.19. The van der Waals surface area contributed by atoms with E-state index in [0.717, 1.165) is 22.2 Å². The molecule has 0 amide bonds. The number of aryl methyl sites for hydroxylation is 1. The lowest BCUT2D eigenvalue weighted by atomic mass is 9.95. The molecule has 1 aromatic carbocycles. The molecule has 0 aliphatic heterocycles. The van der Waals surface area contributed by atoms with Crippen molar-refractivity contribution < 1.29 is 0 Å². The molecule has 3 rings (SSSR count). The summed E-state index contributed by atoms with van der Waals surface area (Å²) in [6, 6.07) is 6.18. The first kappa shape index (κ1) is 12.0. The van der Waals surface area contributed by atoms with Crippen molar-refractivity contribution in [1.29, 1.82) is 0 Å². The molecule has 0 radical (unpaired) electrons. The SMILES string of the molecule is Cc1ccnc2c1ccc1nc(C(C)(C)C)ncc12. The van der Waals surface area contributed by atoms with E-state index in [-0.39, 0.29) is 5.41 Å². The molecule has 19 heavy (non-hydrogen) atoms. The van der Waals surface area contributed by atoms with Crippen LogP contribution in [0.5, 0.6) is 0 Å². The molecule has 0 atom stereocenters. The van der Waals surface area contributed by atoms with E-state index < -0.39 is 0 Å². The minimum absolute atomic E-state index is 0.0385. The maximum Gasteiger partial charge on any atom is 0.134 e. The van der Waals surface area contributed by atoms with Crippen molar-refractivity contribution in [1.82, 2.24) is 15.0 Å². The Hall–Kier alpha value is -2.03. The van der Waals surface area contributed by atoms with Crippen molar-refractivity contribution in [3.8, 4) is 0 Å². The molecule has 0 aliphatic rings. The van der Waals surface area contributed by atoms with Crippen LogP contribution in [0.2, 0.25) is 0 Å². The van der Waals surface area contributed by atoms with Crippen LogP contribution >= 0.6 is 0 Å². The Labute approximate surface area is 112 Å². The molecular formula is C16H17N3. The maximum atomic E-state index is 4.68. The Morgan fingerprint density at radius 3 is 2.47 bits per heavy atom. The van der Waals surface area contributed by atoms with Crippen LogP contribution in [0.4, 0.5) is 0 Å². The number of pyridine rings is 1. The van der Waals surface area contributed by atoms with Crippen LogP contribution in [0.3, 0.4) is 0 Å². The van der Waals surface area contributed by atoms with Gasteiger partial charge in [0.2, 0.25) is 0 Å². The molecule has 0 saturated heterocycles. The zero-order chi connectivity index (χ0) is 13.6. The highest BCUT2D eigenvalue weighted by Gasteiger charge is 2.18. The zero-order valence-corrected chi connectivity index (χ0v) is 11.7. The van der Waals surface area contributed by atoms with Crippen molar-refractivity contribution in [2.75, 3.05) is 0 Å². The van der Waals surface area contributed by atoms with E-state index in [4.69, 9.17) is 0 Å². The second-order valence-corrected chi connectivity index (χ2v) is 5.97. The Balaban J connectivity index is 2.36. The molecule has 0 unspecified atom stereocenters. The van der Waals surface area contributed by atoms with Crippen molar-refractivity contribution in [2.45, 2.75) is 33.1 Å². The average Bonchev–Trinajstić information content (AvgIpc) is 2.37. The number of hydrogen-bond donors (Lipinski definition) is 0. The number of aromatic nitrogens is 3. The highest BCUT2D eigenvalue weighted by molar-refractivity contribution is 6.04. The lowest BCUT2D eigenvalue weighted by molar-refractivity contribution is 0.548. The third kappa shape index (κ3) is 1.95. The quantitative estimate of drug-likeness (QED) is 0.571. The van der Waals surface area contributed by atoms with E-state index in [2.05, 4.69) is 54.8 Å². The Bertz CT molecular complexity index is 770. The molecule has 2 heterocycles. The molecule has 3 heteroatoms. The second kappa shape index (κ2) is 3.98. The van der Waals surface area contributed by atoms with Crippen LogP contribution in [-0.4, -0.2) is 15.0 Å². The first-order chi connectivity index (χ1) is 8.97. The van der Waals surface area contributed by atoms with Gasteiger partial charge in [0.05, 0.1) is 11.0 Å². The van der Waals surface area contributed by atoms with Gasteiger partial charge in [-0.2, -0.15) is 0 Å². The van der Waals surface area contributed by atoms with Crippen molar-refractivity contribution in [3.63, 3.8) is 0 Å². The predicted octanol–water partition coefficient (Wildman–Crippen LogP) is 3.78. The van der Waals surface area contributed by atoms with Gasteiger partial charge in [0.15, 0.2) is 0 Å². The molecule has 2 aromatic heterocycles. The summed E-state index contributed by atoms with van der Waals surface area (Å²) in [7, 11) is 0. The van der Waals surface area contributed by atoms with Crippen LogP contribution in [0.1, 0.15) is 32.2 Å². The molecular weight excluding hydrogens is 234 g/mol. The zero-order valence-electron chi connectivity index (χ0n) is 11.7. The molecule has 0 aliphatic carbocycles. The topological polar surface area (TPSA) is 38.7 Å². The number of fused-ring (bicyclic) bond motifs is 3. The fraction of sp³-hybridized carbons (Fsp3) is 0.312. The largest absolute Gasteiger partial charge is 0.255 e. The van der Waals surface area contributed by atoms with Gasteiger partial charge in [0, 0.05) is 28.6 Å². The summed E-state index contributed by atoms with van der Waals surface area (Å²) in [5.41, 5.74) is 3.14. The van der Waals surface area contributed by atoms with Gasteiger partial charge in [0.1, 0.15) is 5.82 Å². The molecule has 3 aromatic rings. The van der Waals surface area contributed by atoms with Gasteiger partial charge in [-0.1, -0.05) is 26.8 Å². The van der Waals surface area contributed by atoms with E-state index in [0.29, 0.717) is 0 Å². The lowest BCUT2D eigenvalue weighted by Crippen LogP contribution is -2.15. The molecule has 0 spiro atoms. The minimum atomic E-state index is -0.0385. The monoisotopic (exact) mass is 251 g/mol.